The first kappa shape index (κ1) is 15.6. The average molecular weight is 349 g/mol. The van der Waals surface area contributed by atoms with Crippen molar-refractivity contribution < 1.29 is 4.74 Å². The Bertz CT molecular complexity index is 962. The highest BCUT2D eigenvalue weighted by atomic mass is 16.5. The standard InChI is InChI=1S/C20H23N5O/c1-13-5-8-25(11-13)18-10-17(21-12-22-18)19-15-9-14(26-20(2)6-7-20)3-4-16(15)23-24-19/h3-4,9-10,12-13H,5-8,11H2,1-2H3,(H,23,24). The number of benzene rings is 1. The minimum Gasteiger partial charge on any atom is -0.488 e. The normalized spacial score (nSPS) is 21.3. The van der Waals surface area contributed by atoms with E-state index in [1.165, 1.54) is 6.42 Å². The van der Waals surface area contributed by atoms with Crippen molar-refractivity contribution >= 4 is 16.7 Å². The number of aromatic nitrogens is 4. The Morgan fingerprint density at radius 2 is 2.12 bits per heavy atom. The first-order chi connectivity index (χ1) is 12.6. The summed E-state index contributed by atoms with van der Waals surface area (Å²) in [7, 11) is 0. The molecular formula is C20H23N5O. The van der Waals surface area contributed by atoms with E-state index in [0.29, 0.717) is 5.92 Å². The van der Waals surface area contributed by atoms with Gasteiger partial charge in [-0.15, -0.1) is 0 Å². The van der Waals surface area contributed by atoms with Gasteiger partial charge in [-0.25, -0.2) is 9.97 Å². The van der Waals surface area contributed by atoms with Crippen LogP contribution in [0.15, 0.2) is 30.6 Å². The molecule has 134 valence electrons. The zero-order valence-electron chi connectivity index (χ0n) is 15.2. The summed E-state index contributed by atoms with van der Waals surface area (Å²) in [5.74, 6) is 2.59. The second-order valence-corrected chi connectivity index (χ2v) is 7.93. The smallest absolute Gasteiger partial charge is 0.132 e. The molecule has 2 aliphatic rings. The van der Waals surface area contributed by atoms with Crippen molar-refractivity contribution in [3.63, 3.8) is 0 Å². The third-order valence-corrected chi connectivity index (χ3v) is 5.50. The molecule has 2 fully saturated rings. The zero-order valence-corrected chi connectivity index (χ0v) is 15.2. The molecule has 1 aromatic carbocycles. The van der Waals surface area contributed by atoms with E-state index in [2.05, 4.69) is 51.0 Å². The van der Waals surface area contributed by atoms with Gasteiger partial charge in [-0.2, -0.15) is 5.10 Å². The van der Waals surface area contributed by atoms with Gasteiger partial charge in [0.05, 0.1) is 16.9 Å². The van der Waals surface area contributed by atoms with Crippen LogP contribution in [0, 0.1) is 5.92 Å². The first-order valence-electron chi connectivity index (χ1n) is 9.34. The minimum atomic E-state index is 0.00606. The second kappa shape index (κ2) is 5.69. The first-order valence-corrected chi connectivity index (χ1v) is 9.34. The molecule has 6 heteroatoms. The van der Waals surface area contributed by atoms with Crippen LogP contribution in [-0.2, 0) is 0 Å². The Kier molecular flexibility index (Phi) is 3.42. The molecule has 1 saturated heterocycles. The van der Waals surface area contributed by atoms with E-state index < -0.39 is 0 Å². The van der Waals surface area contributed by atoms with E-state index in [4.69, 9.17) is 4.74 Å². The van der Waals surface area contributed by atoms with Crippen LogP contribution in [0.4, 0.5) is 5.82 Å². The maximum Gasteiger partial charge on any atom is 0.132 e. The number of nitrogens with one attached hydrogen (secondary N) is 1. The molecule has 1 saturated carbocycles. The van der Waals surface area contributed by atoms with Gasteiger partial charge in [-0.3, -0.25) is 5.10 Å². The van der Waals surface area contributed by atoms with Crippen molar-refractivity contribution in [3.05, 3.63) is 30.6 Å². The lowest BCUT2D eigenvalue weighted by Gasteiger charge is -2.17. The number of rotatable bonds is 4. The van der Waals surface area contributed by atoms with E-state index in [1.807, 2.05) is 12.1 Å². The van der Waals surface area contributed by atoms with Crippen molar-refractivity contribution in [1.29, 1.82) is 0 Å². The summed E-state index contributed by atoms with van der Waals surface area (Å²) in [4.78, 5) is 11.3. The van der Waals surface area contributed by atoms with Crippen molar-refractivity contribution in [2.24, 2.45) is 5.92 Å². The number of nitrogens with zero attached hydrogens (tertiary/aromatic N) is 4. The van der Waals surface area contributed by atoms with Crippen LogP contribution >= 0.6 is 0 Å². The Hall–Kier alpha value is -2.63. The van der Waals surface area contributed by atoms with Crippen molar-refractivity contribution in [3.8, 4) is 17.1 Å². The van der Waals surface area contributed by atoms with Gasteiger partial charge < -0.3 is 9.64 Å². The largest absolute Gasteiger partial charge is 0.488 e. The van der Waals surface area contributed by atoms with E-state index in [-0.39, 0.29) is 5.60 Å². The molecule has 6 nitrogen and oxygen atoms in total. The number of hydrogen-bond donors (Lipinski definition) is 1. The molecular weight excluding hydrogens is 326 g/mol. The summed E-state index contributed by atoms with van der Waals surface area (Å²) in [6, 6.07) is 8.12. The summed E-state index contributed by atoms with van der Waals surface area (Å²) in [6.45, 7) is 6.54. The monoisotopic (exact) mass is 349 g/mol. The van der Waals surface area contributed by atoms with E-state index in [1.54, 1.807) is 6.33 Å². The van der Waals surface area contributed by atoms with Crippen molar-refractivity contribution in [1.82, 2.24) is 20.2 Å². The number of hydrogen-bond acceptors (Lipinski definition) is 5. The Labute approximate surface area is 152 Å². The van der Waals surface area contributed by atoms with E-state index >= 15 is 0 Å². The molecule has 2 aromatic heterocycles. The predicted molar refractivity (Wildman–Crippen MR) is 101 cm³/mol. The number of fused-ring (bicyclic) bond motifs is 1. The predicted octanol–water partition coefficient (Wildman–Crippen LogP) is 3.80. The number of aromatic amines is 1. The molecule has 5 rings (SSSR count). The van der Waals surface area contributed by atoms with Gasteiger partial charge in [-0.1, -0.05) is 6.92 Å². The molecule has 0 spiro atoms. The summed E-state index contributed by atoms with van der Waals surface area (Å²) in [6.07, 6.45) is 5.09. The van der Waals surface area contributed by atoms with Gasteiger partial charge >= 0.3 is 0 Å². The molecule has 0 bridgehead atoms. The summed E-state index contributed by atoms with van der Waals surface area (Å²) in [5.41, 5.74) is 2.71. The van der Waals surface area contributed by atoms with Gasteiger partial charge in [0.15, 0.2) is 0 Å². The molecule has 0 radical (unpaired) electrons. The molecule has 1 aliphatic carbocycles. The topological polar surface area (TPSA) is 66.9 Å². The molecule has 1 unspecified atom stereocenters. The lowest BCUT2D eigenvalue weighted by Crippen LogP contribution is -2.20. The highest BCUT2D eigenvalue weighted by Crippen LogP contribution is 2.40. The highest BCUT2D eigenvalue weighted by Gasteiger charge is 2.40. The number of anilines is 1. The van der Waals surface area contributed by atoms with Crippen LogP contribution in [0.2, 0.25) is 0 Å². The summed E-state index contributed by atoms with van der Waals surface area (Å²) < 4.78 is 6.12. The van der Waals surface area contributed by atoms with Gasteiger partial charge in [0.25, 0.3) is 0 Å². The van der Waals surface area contributed by atoms with Crippen LogP contribution < -0.4 is 9.64 Å². The molecule has 3 heterocycles. The molecule has 1 aliphatic heterocycles. The fourth-order valence-electron chi connectivity index (χ4n) is 3.61. The van der Waals surface area contributed by atoms with Crippen LogP contribution in [-0.4, -0.2) is 38.9 Å². The maximum absolute atomic E-state index is 6.12. The third-order valence-electron chi connectivity index (χ3n) is 5.50. The van der Waals surface area contributed by atoms with Crippen LogP contribution in [0.3, 0.4) is 0 Å². The number of ether oxygens (including phenoxy) is 1. The molecule has 26 heavy (non-hydrogen) atoms. The van der Waals surface area contributed by atoms with Gasteiger partial charge in [0.2, 0.25) is 0 Å². The molecule has 0 amide bonds. The minimum absolute atomic E-state index is 0.00606. The van der Waals surface area contributed by atoms with E-state index in [0.717, 1.165) is 59.8 Å². The molecule has 1 N–H and O–H groups in total. The van der Waals surface area contributed by atoms with Crippen molar-refractivity contribution in [2.75, 3.05) is 18.0 Å². The average Bonchev–Trinajstić information content (AvgIpc) is 3.05. The lowest BCUT2D eigenvalue weighted by molar-refractivity contribution is 0.200. The van der Waals surface area contributed by atoms with Crippen LogP contribution in [0.25, 0.3) is 22.3 Å². The lowest BCUT2D eigenvalue weighted by atomic mass is 10.1. The third kappa shape index (κ3) is 2.79. The van der Waals surface area contributed by atoms with Crippen LogP contribution in [0.5, 0.6) is 5.75 Å². The summed E-state index contributed by atoms with van der Waals surface area (Å²) in [5, 5.41) is 8.61. The Balaban J connectivity index is 1.51. The zero-order chi connectivity index (χ0) is 17.7. The molecule has 1 atom stereocenters. The van der Waals surface area contributed by atoms with Gasteiger partial charge in [-0.05, 0) is 50.3 Å². The quantitative estimate of drug-likeness (QED) is 0.776. The van der Waals surface area contributed by atoms with Crippen molar-refractivity contribution in [2.45, 2.75) is 38.7 Å². The Morgan fingerprint density at radius 1 is 1.23 bits per heavy atom. The second-order valence-electron chi connectivity index (χ2n) is 7.93. The van der Waals surface area contributed by atoms with E-state index in [9.17, 15) is 0 Å². The fourth-order valence-corrected chi connectivity index (χ4v) is 3.61. The SMILES string of the molecule is CC1CCN(c2cc(-c3[nH]nc4ccc(OC5(C)CC5)cc34)ncn2)C1. The molecule has 3 aromatic rings. The number of H-pyrrole nitrogens is 1. The fraction of sp³-hybridized carbons (Fsp3) is 0.450. The van der Waals surface area contributed by atoms with Gasteiger partial charge in [0, 0.05) is 24.5 Å². The maximum atomic E-state index is 6.12. The van der Waals surface area contributed by atoms with Gasteiger partial charge in [0.1, 0.15) is 23.5 Å². The van der Waals surface area contributed by atoms with Crippen LogP contribution in [0.1, 0.15) is 33.1 Å². The highest BCUT2D eigenvalue weighted by molar-refractivity contribution is 5.93. The Morgan fingerprint density at radius 3 is 2.88 bits per heavy atom. The summed E-state index contributed by atoms with van der Waals surface area (Å²) >= 11 is 0.